The quantitative estimate of drug-likeness (QED) is 0.136. The summed E-state index contributed by atoms with van der Waals surface area (Å²) in [5.74, 6) is 3.97. The van der Waals surface area contributed by atoms with Crippen molar-refractivity contribution >= 4 is 52.2 Å². The average Bonchev–Trinajstić information content (AvgIpc) is 3.65. The summed E-state index contributed by atoms with van der Waals surface area (Å²) in [6.45, 7) is 8.19. The topological polar surface area (TPSA) is 143 Å². The zero-order valence-corrected chi connectivity index (χ0v) is 28.2. The van der Waals surface area contributed by atoms with Crippen LogP contribution in [-0.4, -0.2) is 98.5 Å². The Morgan fingerprint density at radius 3 is 2.51 bits per heavy atom. The number of anilines is 1. The number of aliphatic hydroxyl groups is 1. The number of nitrogens with one attached hydrogen (secondary N) is 1. The number of fused-ring (bicyclic) bond motifs is 2. The number of aromatic nitrogens is 5. The molecule has 12 nitrogen and oxygen atoms in total. The van der Waals surface area contributed by atoms with E-state index >= 15 is 0 Å². The molecule has 0 saturated carbocycles. The van der Waals surface area contributed by atoms with E-state index in [1.807, 2.05) is 24.3 Å². The molecule has 0 bridgehead atoms. The summed E-state index contributed by atoms with van der Waals surface area (Å²) in [4.78, 5) is 9.66. The van der Waals surface area contributed by atoms with Crippen molar-refractivity contribution in [2.75, 3.05) is 30.8 Å². The molecule has 2 aliphatic rings. The second-order valence-corrected chi connectivity index (χ2v) is 20.9. The Kier molecular flexibility index (Phi) is 8.91. The largest absolute Gasteiger partial charge is 0.456 e. The number of ether oxygens (including phenoxy) is 4. The fourth-order valence-electron chi connectivity index (χ4n) is 5.19. The van der Waals surface area contributed by atoms with E-state index in [0.29, 0.717) is 46.0 Å². The Hall–Kier alpha value is -3.11. The minimum absolute atomic E-state index is 0.194. The van der Waals surface area contributed by atoms with Gasteiger partial charge >= 0.3 is 6.01 Å². The molecule has 45 heavy (non-hydrogen) atoms. The molecule has 0 amide bonds. The highest BCUT2D eigenvalue weighted by Crippen LogP contribution is 2.34. The maximum absolute atomic E-state index is 11.9. The van der Waals surface area contributed by atoms with E-state index in [-0.39, 0.29) is 26.0 Å². The molecule has 240 valence electrons. The fourth-order valence-corrected chi connectivity index (χ4v) is 6.75. The van der Waals surface area contributed by atoms with Crippen LogP contribution in [0.1, 0.15) is 0 Å². The molecule has 3 aromatic heterocycles. The zero-order chi connectivity index (χ0) is 31.9. The first-order chi connectivity index (χ1) is 21.3. The normalized spacial score (nSPS) is 22.8. The van der Waals surface area contributed by atoms with Crippen LogP contribution < -0.4 is 9.46 Å². The van der Waals surface area contributed by atoms with Gasteiger partial charge in [-0.2, -0.15) is 4.98 Å². The summed E-state index contributed by atoms with van der Waals surface area (Å²) in [6.07, 6.45) is -0.437. The van der Waals surface area contributed by atoms with Gasteiger partial charge in [0.1, 0.15) is 30.6 Å². The molecular formula is C30H37ClN6O6SSi. The molecule has 2 aliphatic heterocycles. The molecule has 15 heteroatoms. The van der Waals surface area contributed by atoms with E-state index in [9.17, 15) is 9.32 Å². The second-order valence-electron chi connectivity index (χ2n) is 12.6. The summed E-state index contributed by atoms with van der Waals surface area (Å²) in [5, 5.41) is 19.0. The van der Waals surface area contributed by atoms with Crippen molar-refractivity contribution < 1.29 is 28.3 Å². The third kappa shape index (κ3) is 7.32. The molecule has 1 aromatic carbocycles. The minimum Gasteiger partial charge on any atom is -0.456 e. The van der Waals surface area contributed by atoms with Crippen molar-refractivity contribution in [1.29, 1.82) is 0 Å². The third-order valence-corrected chi connectivity index (χ3v) is 10.2. The molecule has 2 N–H and O–H groups in total. The van der Waals surface area contributed by atoms with Gasteiger partial charge in [0.15, 0.2) is 17.6 Å². The van der Waals surface area contributed by atoms with Gasteiger partial charge in [0, 0.05) is 41.8 Å². The Bertz CT molecular complexity index is 1780. The molecule has 2 saturated heterocycles. The Balaban J connectivity index is 1.28. The molecule has 0 radical (unpaired) electrons. The van der Waals surface area contributed by atoms with Crippen LogP contribution in [0.15, 0.2) is 42.5 Å². The fraction of sp³-hybridized carbons (Fsp3) is 0.433. The number of hydrogen-bond acceptors (Lipinski definition) is 10. The number of imidazole rings is 1. The van der Waals surface area contributed by atoms with E-state index < -0.39 is 36.1 Å². The van der Waals surface area contributed by atoms with Crippen molar-refractivity contribution in [3.05, 3.63) is 47.5 Å². The zero-order valence-electron chi connectivity index (χ0n) is 25.6. The van der Waals surface area contributed by atoms with E-state index in [1.54, 1.807) is 22.8 Å². The lowest BCUT2D eigenvalue weighted by atomic mass is 10.1. The van der Waals surface area contributed by atoms with Gasteiger partial charge in [-0.15, -0.1) is 10.2 Å². The highest BCUT2D eigenvalue weighted by molar-refractivity contribution is 8.00. The number of hydrogen-bond donors (Lipinski definition) is 2. The third-order valence-electron chi connectivity index (χ3n) is 7.53. The SMILES string of the molecule is C=S(C)(=O)Nc1ccc(-c2ccc(-c3nc4c(cc3Cl)nc(OC3COC5C(O)COC35)n4COCC[Si](C)(C)C)cc2)nn1. The monoisotopic (exact) mass is 672 g/mol. The van der Waals surface area contributed by atoms with Crippen LogP contribution in [0.2, 0.25) is 30.7 Å². The Labute approximate surface area is 268 Å². The summed E-state index contributed by atoms with van der Waals surface area (Å²) < 4.78 is 40.4. The molecular weight excluding hydrogens is 636 g/mol. The second kappa shape index (κ2) is 12.6. The van der Waals surface area contributed by atoms with Crippen LogP contribution in [0.4, 0.5) is 5.82 Å². The van der Waals surface area contributed by atoms with Gasteiger partial charge in [-0.25, -0.2) is 9.19 Å². The lowest BCUT2D eigenvalue weighted by Gasteiger charge is -2.19. The molecule has 2 fully saturated rings. The number of rotatable bonds is 11. The van der Waals surface area contributed by atoms with Crippen LogP contribution in [-0.2, 0) is 30.6 Å². The van der Waals surface area contributed by atoms with Crippen molar-refractivity contribution in [1.82, 2.24) is 24.7 Å². The summed E-state index contributed by atoms with van der Waals surface area (Å²) in [7, 11) is -3.75. The van der Waals surface area contributed by atoms with Crippen molar-refractivity contribution in [3.63, 3.8) is 0 Å². The number of aliphatic hydroxyl groups excluding tert-OH is 1. The lowest BCUT2D eigenvalue weighted by Crippen LogP contribution is -2.35. The number of halogens is 1. The van der Waals surface area contributed by atoms with Gasteiger partial charge in [-0.05, 0) is 30.1 Å². The van der Waals surface area contributed by atoms with Gasteiger partial charge in [0.2, 0.25) is 0 Å². The van der Waals surface area contributed by atoms with Gasteiger partial charge < -0.3 is 24.1 Å². The van der Waals surface area contributed by atoms with Crippen molar-refractivity contribution in [3.8, 4) is 28.5 Å². The van der Waals surface area contributed by atoms with Gasteiger partial charge in [-0.1, -0.05) is 55.5 Å². The maximum Gasteiger partial charge on any atom is 0.301 e. The molecule has 5 atom stereocenters. The van der Waals surface area contributed by atoms with Crippen LogP contribution >= 0.6 is 11.6 Å². The van der Waals surface area contributed by atoms with E-state index in [0.717, 1.165) is 17.2 Å². The Morgan fingerprint density at radius 1 is 1.09 bits per heavy atom. The first-order valence-corrected chi connectivity index (χ1v) is 20.8. The summed E-state index contributed by atoms with van der Waals surface area (Å²) in [6, 6.07) is 14.3. The number of pyridine rings is 1. The van der Waals surface area contributed by atoms with Gasteiger partial charge in [-0.3, -0.25) is 9.29 Å². The molecule has 4 aromatic rings. The highest BCUT2D eigenvalue weighted by atomic mass is 35.5. The number of nitrogens with zero attached hydrogens (tertiary/aromatic N) is 5. The predicted molar refractivity (Wildman–Crippen MR) is 178 cm³/mol. The van der Waals surface area contributed by atoms with Crippen molar-refractivity contribution in [2.45, 2.75) is 56.8 Å². The standard InChI is InChI=1S/C30H37ClN6O6SSi/c1-44(2,39)36-25-11-10-21(34-35-25)18-6-8-19(9-7-18)26-20(31)14-22-29(33-26)37(17-40-12-13-45(3,4)5)30(32-22)43-24-16-42-27-23(38)15-41-28(24)27/h6-11,14,23-24,27-28,38H,1,12-13,15-17H2,2-5H3,(H,35,36,39). The molecule has 0 spiro atoms. The first kappa shape index (κ1) is 31.9. The highest BCUT2D eigenvalue weighted by Gasteiger charge is 2.49. The van der Waals surface area contributed by atoms with Gasteiger partial charge in [0.25, 0.3) is 0 Å². The minimum atomic E-state index is -2.45. The first-order valence-electron chi connectivity index (χ1n) is 14.6. The van der Waals surface area contributed by atoms with Crippen LogP contribution in [0.3, 0.4) is 0 Å². The van der Waals surface area contributed by atoms with E-state index in [1.165, 1.54) is 6.26 Å². The van der Waals surface area contributed by atoms with Gasteiger partial charge in [0.05, 0.1) is 29.6 Å². The molecule has 6 rings (SSSR count). The predicted octanol–water partition coefficient (Wildman–Crippen LogP) is 4.10. The molecule has 0 aliphatic carbocycles. The van der Waals surface area contributed by atoms with Crippen LogP contribution in [0.5, 0.6) is 6.01 Å². The smallest absolute Gasteiger partial charge is 0.301 e. The summed E-state index contributed by atoms with van der Waals surface area (Å²) >= 11 is 6.76. The lowest BCUT2D eigenvalue weighted by molar-refractivity contribution is 0.00336. The van der Waals surface area contributed by atoms with Crippen LogP contribution in [0.25, 0.3) is 33.7 Å². The van der Waals surface area contributed by atoms with E-state index in [4.69, 9.17) is 40.5 Å². The molecule has 5 heterocycles. The average molecular weight is 673 g/mol. The van der Waals surface area contributed by atoms with Crippen molar-refractivity contribution in [2.24, 2.45) is 0 Å². The maximum atomic E-state index is 11.9. The number of benzene rings is 1. The van der Waals surface area contributed by atoms with E-state index in [2.05, 4.69) is 40.4 Å². The Morgan fingerprint density at radius 2 is 1.82 bits per heavy atom. The van der Waals surface area contributed by atoms with Crippen LogP contribution in [0, 0.1) is 0 Å². The summed E-state index contributed by atoms with van der Waals surface area (Å²) in [5.41, 5.74) is 4.01. The molecule has 5 unspecified atom stereocenters.